The highest BCUT2D eigenvalue weighted by Gasteiger charge is 2.54. The molecule has 0 radical (unpaired) electrons. The van der Waals surface area contributed by atoms with E-state index in [4.69, 9.17) is 24.5 Å². The summed E-state index contributed by atoms with van der Waals surface area (Å²) in [5.74, 6) is -0.857. The fourth-order valence-corrected chi connectivity index (χ4v) is 7.36. The molecule has 1 aliphatic heterocycles. The van der Waals surface area contributed by atoms with Gasteiger partial charge in [0, 0.05) is 6.04 Å². The first-order valence-corrected chi connectivity index (χ1v) is 18.2. The molecule has 18 heteroatoms. The van der Waals surface area contributed by atoms with Crippen molar-refractivity contribution in [3.63, 3.8) is 0 Å². The molecule has 1 saturated heterocycles. The summed E-state index contributed by atoms with van der Waals surface area (Å²) < 4.78 is 38.6. The lowest BCUT2D eigenvalue weighted by atomic mass is 9.96. The maximum absolute atomic E-state index is 14.6. The first-order chi connectivity index (χ1) is 22.6. The molecule has 0 aromatic carbocycles. The molecule has 0 bridgehead atoms. The van der Waals surface area contributed by atoms with Crippen LogP contribution < -0.4 is 21.2 Å². The van der Waals surface area contributed by atoms with E-state index in [0.717, 1.165) is 12.8 Å². The van der Waals surface area contributed by atoms with Crippen molar-refractivity contribution in [1.82, 2.24) is 29.7 Å². The van der Waals surface area contributed by atoms with Crippen LogP contribution in [0.5, 0.6) is 0 Å². The van der Waals surface area contributed by atoms with Crippen LogP contribution in [0.25, 0.3) is 11.2 Å². The van der Waals surface area contributed by atoms with Crippen LogP contribution >= 0.6 is 7.67 Å². The van der Waals surface area contributed by atoms with E-state index in [1.54, 1.807) is 13.8 Å². The van der Waals surface area contributed by atoms with E-state index in [1.165, 1.54) is 17.8 Å². The minimum absolute atomic E-state index is 0.00411. The quantitative estimate of drug-likeness (QED) is 0.0967. The van der Waals surface area contributed by atoms with Crippen LogP contribution in [0, 0.1) is 11.8 Å². The van der Waals surface area contributed by atoms with Crippen LogP contribution in [0.2, 0.25) is 0 Å². The van der Waals surface area contributed by atoms with E-state index in [2.05, 4.69) is 30.4 Å². The number of aliphatic hydroxyl groups is 2. The first-order valence-electron chi connectivity index (χ1n) is 16.5. The Bertz CT molecular complexity index is 1430. The van der Waals surface area contributed by atoms with Crippen LogP contribution in [0.15, 0.2) is 6.33 Å². The second kappa shape index (κ2) is 15.7. The van der Waals surface area contributed by atoms with Gasteiger partial charge in [-0.05, 0) is 58.3 Å². The van der Waals surface area contributed by atoms with Gasteiger partial charge in [-0.1, -0.05) is 27.7 Å². The van der Waals surface area contributed by atoms with Crippen LogP contribution in [-0.4, -0.2) is 97.4 Å². The van der Waals surface area contributed by atoms with Crippen molar-refractivity contribution in [3.8, 4) is 0 Å². The molecule has 4 rings (SSSR count). The van der Waals surface area contributed by atoms with Crippen molar-refractivity contribution in [2.24, 2.45) is 11.8 Å². The van der Waals surface area contributed by atoms with E-state index in [1.807, 2.05) is 27.7 Å². The van der Waals surface area contributed by atoms with Gasteiger partial charge in [-0.3, -0.25) is 18.7 Å². The van der Waals surface area contributed by atoms with Crippen molar-refractivity contribution >= 4 is 42.5 Å². The lowest BCUT2D eigenvalue weighted by Crippen LogP contribution is -2.47. The Morgan fingerprint density at radius 1 is 1.08 bits per heavy atom. The van der Waals surface area contributed by atoms with Gasteiger partial charge >= 0.3 is 19.6 Å². The second-order valence-electron chi connectivity index (χ2n) is 13.3. The van der Waals surface area contributed by atoms with Crippen LogP contribution in [0.4, 0.5) is 11.8 Å². The van der Waals surface area contributed by atoms with Gasteiger partial charge in [-0.2, -0.15) is 9.97 Å². The minimum atomic E-state index is -4.30. The SMILES string of the molecule is CCOC(=O)C(CC(C)C)NP(=O)(NC(CC(C)C)C(=O)OCC)OC[C@H]1OC(n2cnc3c(NC4CC4)nc(N)nc32)C(C)(O)C1O. The van der Waals surface area contributed by atoms with E-state index >= 15 is 0 Å². The molecule has 270 valence electrons. The Labute approximate surface area is 280 Å². The first kappa shape index (κ1) is 37.9. The van der Waals surface area contributed by atoms with Gasteiger partial charge in [-0.25, -0.2) is 15.2 Å². The van der Waals surface area contributed by atoms with E-state index in [9.17, 15) is 24.4 Å². The molecular weight excluding hydrogens is 647 g/mol. The van der Waals surface area contributed by atoms with Gasteiger partial charge in [0.2, 0.25) is 5.95 Å². The predicted molar refractivity (Wildman–Crippen MR) is 177 cm³/mol. The van der Waals surface area contributed by atoms with Gasteiger partial charge in [0.1, 0.15) is 29.9 Å². The zero-order valence-electron chi connectivity index (χ0n) is 28.7. The Balaban J connectivity index is 1.61. The minimum Gasteiger partial charge on any atom is -0.465 e. The summed E-state index contributed by atoms with van der Waals surface area (Å²) in [5, 5.41) is 31.6. The number of hydrogen-bond acceptors (Lipinski definition) is 14. The molecule has 1 aliphatic carbocycles. The van der Waals surface area contributed by atoms with Crippen molar-refractivity contribution in [2.45, 2.75) is 116 Å². The number of rotatable bonds is 18. The highest BCUT2D eigenvalue weighted by Crippen LogP contribution is 2.45. The summed E-state index contributed by atoms with van der Waals surface area (Å²) in [4.78, 5) is 38.9. The number of anilines is 2. The number of carbonyl (C=O) groups excluding carboxylic acids is 2. The number of nitrogens with one attached hydrogen (secondary N) is 3. The maximum Gasteiger partial charge on any atom is 0.342 e. The number of nitrogens with zero attached hydrogens (tertiary/aromatic N) is 4. The topological polar surface area (TPSA) is 234 Å². The molecular formula is C30H51N8O9P. The summed E-state index contributed by atoms with van der Waals surface area (Å²) in [6.07, 6.45) is -0.0877. The lowest BCUT2D eigenvalue weighted by molar-refractivity contribution is -0.146. The van der Waals surface area contributed by atoms with Gasteiger partial charge in [0.15, 0.2) is 23.2 Å². The highest BCUT2D eigenvalue weighted by atomic mass is 31.2. The number of carbonyl (C=O) groups is 2. The second-order valence-corrected chi connectivity index (χ2v) is 15.2. The van der Waals surface area contributed by atoms with Crippen LogP contribution in [0.1, 0.15) is 80.4 Å². The summed E-state index contributed by atoms with van der Waals surface area (Å²) in [6.45, 7) is 12.0. The molecule has 2 fully saturated rings. The van der Waals surface area contributed by atoms with Crippen molar-refractivity contribution in [2.75, 3.05) is 30.9 Å². The normalized spacial score (nSPS) is 25.3. The molecule has 48 heavy (non-hydrogen) atoms. The Morgan fingerprint density at radius 2 is 1.65 bits per heavy atom. The molecule has 2 aromatic heterocycles. The molecule has 7 N–H and O–H groups in total. The zero-order chi connectivity index (χ0) is 35.4. The van der Waals surface area contributed by atoms with Crippen molar-refractivity contribution in [1.29, 1.82) is 0 Å². The highest BCUT2D eigenvalue weighted by molar-refractivity contribution is 7.54. The number of ether oxygens (including phenoxy) is 3. The summed E-state index contributed by atoms with van der Waals surface area (Å²) in [6, 6.07) is -1.86. The standard InChI is InChI=1S/C30H51N8O9P/c1-8-44-26(40)19(12-16(3)4)36-48(43,37-20(13-17(5)6)27(41)45-9-2)46-14-21-23(39)30(7,42)28(47-21)38-15-32-22-24(33-18-10-11-18)34-29(31)35-25(22)38/h15-21,23,28,39,42H,8-14H2,1-7H3,(H2,36,37,43)(H3,31,33,34,35)/t19?,20?,21-,23?,28?,30?,48?/m1/s1. The summed E-state index contributed by atoms with van der Waals surface area (Å²) >= 11 is 0. The number of imidazole rings is 1. The smallest absolute Gasteiger partial charge is 0.342 e. The molecule has 2 aliphatic rings. The predicted octanol–water partition coefficient (Wildman–Crippen LogP) is 2.25. The summed E-state index contributed by atoms with van der Waals surface area (Å²) in [5.41, 5.74) is 4.79. The third-order valence-corrected chi connectivity index (χ3v) is 9.81. The van der Waals surface area contributed by atoms with Gasteiger partial charge in [0.05, 0.1) is 26.1 Å². The fourth-order valence-electron chi connectivity index (χ4n) is 5.54. The Kier molecular flexibility index (Phi) is 12.4. The van der Waals surface area contributed by atoms with E-state index in [-0.39, 0.29) is 55.5 Å². The molecule has 3 heterocycles. The molecule has 1 saturated carbocycles. The van der Waals surface area contributed by atoms with Crippen molar-refractivity contribution < 1.29 is 43.1 Å². The molecule has 2 aromatic rings. The number of nitrogen functional groups attached to an aromatic ring is 1. The molecule has 6 atom stereocenters. The number of aliphatic hydroxyl groups excluding tert-OH is 1. The van der Waals surface area contributed by atoms with Crippen molar-refractivity contribution in [3.05, 3.63) is 6.33 Å². The van der Waals surface area contributed by atoms with E-state index in [0.29, 0.717) is 11.3 Å². The summed E-state index contributed by atoms with van der Waals surface area (Å²) in [7, 11) is -4.30. The third-order valence-electron chi connectivity index (χ3n) is 7.99. The Hall–Kier alpha value is -2.92. The molecule has 0 spiro atoms. The van der Waals surface area contributed by atoms with Crippen LogP contribution in [-0.2, 0) is 32.9 Å². The van der Waals surface area contributed by atoms with Crippen LogP contribution in [0.3, 0.4) is 0 Å². The molecule has 0 amide bonds. The Morgan fingerprint density at radius 3 is 2.15 bits per heavy atom. The maximum atomic E-state index is 14.6. The average molecular weight is 699 g/mol. The number of hydrogen-bond donors (Lipinski definition) is 6. The van der Waals surface area contributed by atoms with Gasteiger partial charge in [-0.15, -0.1) is 0 Å². The van der Waals surface area contributed by atoms with Gasteiger partial charge < -0.3 is 40.0 Å². The molecule has 5 unspecified atom stereocenters. The zero-order valence-corrected chi connectivity index (χ0v) is 29.6. The number of nitrogens with two attached hydrogens (primary N) is 1. The third kappa shape index (κ3) is 9.20. The average Bonchev–Trinajstić information content (AvgIpc) is 3.66. The number of esters is 2. The van der Waals surface area contributed by atoms with Gasteiger partial charge in [0.25, 0.3) is 0 Å². The number of fused-ring (bicyclic) bond motifs is 1. The fraction of sp³-hybridized carbons (Fsp3) is 0.767. The van der Waals surface area contributed by atoms with E-state index < -0.39 is 62.3 Å². The lowest BCUT2D eigenvalue weighted by Gasteiger charge is -2.30. The largest absolute Gasteiger partial charge is 0.465 e. The monoisotopic (exact) mass is 698 g/mol. The number of aromatic nitrogens is 4. The molecule has 17 nitrogen and oxygen atoms in total.